The molecule has 3 rings (SSSR count). The van der Waals surface area contributed by atoms with Crippen molar-refractivity contribution in [3.8, 4) is 0 Å². The van der Waals surface area contributed by atoms with Gasteiger partial charge in [-0.05, 0) is 11.6 Å². The molecule has 1 N–H and O–H groups in total. The minimum Gasteiger partial charge on any atom is -0.329 e. The number of aromatic nitrogens is 1. The average Bonchev–Trinajstić information content (AvgIpc) is 2.94. The number of anilines is 1. The Kier molecular flexibility index (Phi) is 4.45. The zero-order chi connectivity index (χ0) is 19.1. The van der Waals surface area contributed by atoms with Gasteiger partial charge in [-0.2, -0.15) is 12.8 Å². The third-order valence-electron chi connectivity index (χ3n) is 3.48. The fourth-order valence-electron chi connectivity index (χ4n) is 2.29. The average molecular weight is 388 g/mol. The Balaban J connectivity index is 2.10. The summed E-state index contributed by atoms with van der Waals surface area (Å²) in [6, 6.07) is 8.32. The summed E-state index contributed by atoms with van der Waals surface area (Å²) in [5.74, 6) is -7.15. The summed E-state index contributed by atoms with van der Waals surface area (Å²) in [6.07, 6.45) is 1.03. The Morgan fingerprint density at radius 2 is 1.65 bits per heavy atom. The molecule has 0 atom stereocenters. The molecular weight excluding hydrogens is 379 g/mol. The molecule has 136 valence electrons. The van der Waals surface area contributed by atoms with Crippen LogP contribution >= 0.6 is 0 Å². The van der Waals surface area contributed by atoms with Gasteiger partial charge in [-0.15, -0.1) is 0 Å². The summed E-state index contributed by atoms with van der Waals surface area (Å²) < 4.78 is 91.9. The van der Waals surface area contributed by atoms with E-state index in [9.17, 15) is 30.5 Å². The molecule has 0 radical (unpaired) electrons. The van der Waals surface area contributed by atoms with Gasteiger partial charge in [0.15, 0.2) is 23.1 Å². The highest BCUT2D eigenvalue weighted by Gasteiger charge is 2.31. The van der Waals surface area contributed by atoms with Crippen LogP contribution in [0.2, 0.25) is 0 Å². The lowest BCUT2D eigenvalue weighted by Crippen LogP contribution is -2.20. The molecule has 0 aliphatic heterocycles. The van der Waals surface area contributed by atoms with Crippen LogP contribution in [0, 0.1) is 23.4 Å². The minimum atomic E-state index is -4.89. The van der Waals surface area contributed by atoms with Crippen molar-refractivity contribution in [1.29, 1.82) is 0 Å². The number of halogens is 5. The second-order valence-electron chi connectivity index (χ2n) is 5.17. The summed E-state index contributed by atoms with van der Waals surface area (Å²) >= 11 is 0. The number of sulfonamides is 1. The van der Waals surface area contributed by atoms with Crippen molar-refractivity contribution < 1.29 is 30.5 Å². The van der Waals surface area contributed by atoms with Crippen LogP contribution in [0.3, 0.4) is 0 Å². The number of nitrogens with one attached hydrogen (secondary N) is 1. The number of aromatic amines is 1. The smallest absolute Gasteiger partial charge is 0.284 e. The van der Waals surface area contributed by atoms with Crippen LogP contribution in [0.25, 0.3) is 17.0 Å². The van der Waals surface area contributed by atoms with E-state index in [0.717, 1.165) is 6.08 Å². The zero-order valence-electron chi connectivity index (χ0n) is 12.7. The van der Waals surface area contributed by atoms with E-state index in [4.69, 9.17) is 0 Å². The second kappa shape index (κ2) is 6.45. The molecule has 0 aliphatic rings. The highest BCUT2D eigenvalue weighted by Crippen LogP contribution is 2.36. The maximum absolute atomic E-state index is 14.4. The number of H-pyrrole nitrogens is 1. The van der Waals surface area contributed by atoms with E-state index < -0.39 is 54.5 Å². The molecule has 2 aromatic carbocycles. The lowest BCUT2D eigenvalue weighted by atomic mass is 10.2. The topological polar surface area (TPSA) is 53.2 Å². The largest absolute Gasteiger partial charge is 0.329 e. The first-order chi connectivity index (χ1) is 12.2. The van der Waals surface area contributed by atoms with Gasteiger partial charge in [0, 0.05) is 6.07 Å². The molecule has 26 heavy (non-hydrogen) atoms. The molecule has 1 heterocycles. The molecule has 0 fully saturated rings. The predicted molar refractivity (Wildman–Crippen MR) is 86.1 cm³/mol. The highest BCUT2D eigenvalue weighted by atomic mass is 32.2. The Hall–Kier alpha value is -2.88. The van der Waals surface area contributed by atoms with E-state index in [2.05, 4.69) is 0 Å². The zero-order valence-corrected chi connectivity index (χ0v) is 13.5. The molecule has 0 unspecified atom stereocenters. The number of nitrogens with zero attached hydrogens (tertiary/aromatic N) is 1. The van der Waals surface area contributed by atoms with Crippen LogP contribution < -0.4 is 4.53 Å². The van der Waals surface area contributed by atoms with Crippen molar-refractivity contribution in [1.82, 2.24) is 4.98 Å². The molecule has 0 saturated heterocycles. The van der Waals surface area contributed by atoms with Crippen LogP contribution in [-0.4, -0.2) is 13.4 Å². The summed E-state index contributed by atoms with van der Waals surface area (Å²) in [7, 11) is -4.89. The quantitative estimate of drug-likeness (QED) is 0.409. The first-order valence-corrected chi connectivity index (χ1v) is 8.51. The number of rotatable bonds is 4. The highest BCUT2D eigenvalue weighted by molar-refractivity contribution is 7.95. The van der Waals surface area contributed by atoms with Crippen molar-refractivity contribution in [2.24, 2.45) is 0 Å². The number of hydrogen-bond donors (Lipinski definition) is 1. The van der Waals surface area contributed by atoms with Gasteiger partial charge >= 0.3 is 0 Å². The molecule has 0 aliphatic carbocycles. The molecule has 1 aromatic heterocycles. The Morgan fingerprint density at radius 1 is 1.00 bits per heavy atom. The van der Waals surface area contributed by atoms with Gasteiger partial charge in [0.25, 0.3) is 10.0 Å². The Bertz CT molecular complexity index is 1110. The van der Waals surface area contributed by atoms with Gasteiger partial charge in [-0.3, -0.25) is 0 Å². The summed E-state index contributed by atoms with van der Waals surface area (Å²) in [5, 5.41) is -0.640. The molecule has 0 amide bonds. The van der Waals surface area contributed by atoms with Crippen LogP contribution in [0.15, 0.2) is 41.8 Å². The van der Waals surface area contributed by atoms with Gasteiger partial charge in [0.1, 0.15) is 0 Å². The molecule has 10 heteroatoms. The van der Waals surface area contributed by atoms with Gasteiger partial charge in [-0.1, -0.05) is 39.3 Å². The summed E-state index contributed by atoms with van der Waals surface area (Å²) in [6.45, 7) is 0. The van der Waals surface area contributed by atoms with Crippen molar-refractivity contribution >= 4 is 32.7 Å². The van der Waals surface area contributed by atoms with Crippen LogP contribution in [0.4, 0.5) is 27.7 Å². The number of fused-ring (bicyclic) bond motifs is 1. The standard InChI is InChI=1S/C16H9F5N2O2S/c17-10-8-11-12(14(19)13(10)18)15(16(20)22-11)23(21)26(24,25)7-6-9-4-2-1-3-5-9/h1-8,22H. The van der Waals surface area contributed by atoms with Crippen molar-refractivity contribution in [2.75, 3.05) is 4.53 Å². The Morgan fingerprint density at radius 3 is 2.31 bits per heavy atom. The third kappa shape index (κ3) is 3.03. The van der Waals surface area contributed by atoms with Gasteiger partial charge < -0.3 is 4.98 Å². The molecule has 0 spiro atoms. The first-order valence-electron chi connectivity index (χ1n) is 7.01. The van der Waals surface area contributed by atoms with Crippen molar-refractivity contribution in [3.05, 3.63) is 70.8 Å². The predicted octanol–water partition coefficient (Wildman–Crippen LogP) is 4.42. The van der Waals surface area contributed by atoms with E-state index in [-0.39, 0.29) is 0 Å². The number of benzene rings is 2. The summed E-state index contributed by atoms with van der Waals surface area (Å²) in [4.78, 5) is 1.78. The SMILES string of the molecule is O=S(=O)(C=Cc1ccccc1)N(F)c1c(F)[nH]c2cc(F)c(F)c(F)c12. The van der Waals surface area contributed by atoms with E-state index in [1.54, 1.807) is 23.2 Å². The van der Waals surface area contributed by atoms with Crippen LogP contribution in [-0.2, 0) is 10.0 Å². The van der Waals surface area contributed by atoms with Crippen molar-refractivity contribution in [3.63, 3.8) is 0 Å². The van der Waals surface area contributed by atoms with Crippen molar-refractivity contribution in [2.45, 2.75) is 0 Å². The molecule has 4 nitrogen and oxygen atoms in total. The van der Waals surface area contributed by atoms with E-state index in [1.165, 1.54) is 12.1 Å². The second-order valence-corrected chi connectivity index (χ2v) is 6.79. The Labute approximate surface area is 144 Å². The lowest BCUT2D eigenvalue weighted by molar-refractivity contribution is 0.452. The normalized spacial score (nSPS) is 12.2. The monoisotopic (exact) mass is 388 g/mol. The number of hydrogen-bond acceptors (Lipinski definition) is 2. The molecular formula is C16H9F5N2O2S. The van der Waals surface area contributed by atoms with Crippen LogP contribution in [0.5, 0.6) is 0 Å². The molecule has 3 aromatic rings. The summed E-state index contributed by atoms with van der Waals surface area (Å²) in [5.41, 5.74) is -1.64. The first kappa shape index (κ1) is 17.9. The fraction of sp³-hybridized carbons (Fsp3) is 0. The van der Waals surface area contributed by atoms with Gasteiger partial charge in [-0.25, -0.2) is 13.2 Å². The van der Waals surface area contributed by atoms with E-state index in [0.29, 0.717) is 17.0 Å². The van der Waals surface area contributed by atoms with Gasteiger partial charge in [0.05, 0.1) is 16.3 Å². The van der Waals surface area contributed by atoms with Gasteiger partial charge in [0.2, 0.25) is 5.95 Å². The van der Waals surface area contributed by atoms with E-state index in [1.807, 2.05) is 0 Å². The maximum Gasteiger partial charge on any atom is 0.284 e. The van der Waals surface area contributed by atoms with Crippen LogP contribution in [0.1, 0.15) is 5.56 Å². The molecule has 0 bridgehead atoms. The fourth-order valence-corrected chi connectivity index (χ4v) is 3.15. The molecule has 0 saturated carbocycles. The third-order valence-corrected chi connectivity index (χ3v) is 4.59. The minimum absolute atomic E-state index is 0.389. The van der Waals surface area contributed by atoms with E-state index >= 15 is 0 Å². The maximum atomic E-state index is 14.4. The lowest BCUT2D eigenvalue weighted by Gasteiger charge is -2.11.